The van der Waals surface area contributed by atoms with Crippen molar-refractivity contribution in [2.24, 2.45) is 0 Å². The monoisotopic (exact) mass is 1100 g/mol. The van der Waals surface area contributed by atoms with Crippen molar-refractivity contribution in [2.75, 3.05) is 47.5 Å². The first-order valence-electron chi connectivity index (χ1n) is 32.2. The molecule has 0 bridgehead atoms. The third-order valence-electron chi connectivity index (χ3n) is 14.0. The highest BCUT2D eigenvalue weighted by atomic mass is 31.2. The second kappa shape index (κ2) is 58.1. The Balaban J connectivity index is 3.90. The Morgan fingerprint density at radius 2 is 0.740 bits per heavy atom. The molecule has 0 heterocycles. The van der Waals surface area contributed by atoms with Gasteiger partial charge in [-0.15, -0.1) is 0 Å². The van der Waals surface area contributed by atoms with Crippen LogP contribution in [-0.4, -0.2) is 74.9 Å². The van der Waals surface area contributed by atoms with E-state index in [-0.39, 0.29) is 32.0 Å². The standard InChI is InChI=1S/C67H122NO8P/c1-6-8-10-12-14-16-18-20-22-23-24-25-26-27-28-29-30-31-32-33-34-35-36-37-38-39-40-41-42-43-44-45-46-48-50-52-54-56-58-60-67(70)76-65(64-75-77(71,72)74-62-61-68(3,4)5)63-73-66(69)59-57-55-53-51-49-47-21-19-17-15-13-11-9-7-2/h8,10,13-16,19-22,24-25,65H,6-7,9,11-12,17-18,23,26-64H2,1-5H3/p+1/b10-8-,15-13-,16-14-,21-19-,22-20-,25-24-. The van der Waals surface area contributed by atoms with Crippen LogP contribution in [0.2, 0.25) is 0 Å². The molecule has 0 saturated heterocycles. The van der Waals surface area contributed by atoms with Gasteiger partial charge in [-0.25, -0.2) is 4.57 Å². The van der Waals surface area contributed by atoms with Crippen LogP contribution in [-0.2, 0) is 32.7 Å². The summed E-state index contributed by atoms with van der Waals surface area (Å²) in [5.74, 6) is -0.804. The fourth-order valence-electron chi connectivity index (χ4n) is 9.03. The van der Waals surface area contributed by atoms with Gasteiger partial charge in [-0.2, -0.15) is 0 Å². The van der Waals surface area contributed by atoms with Gasteiger partial charge in [0.25, 0.3) is 0 Å². The van der Waals surface area contributed by atoms with Crippen LogP contribution in [0.25, 0.3) is 0 Å². The van der Waals surface area contributed by atoms with Crippen LogP contribution < -0.4 is 0 Å². The molecule has 0 aliphatic rings. The van der Waals surface area contributed by atoms with Gasteiger partial charge in [0.05, 0.1) is 27.7 Å². The normalized spacial score (nSPS) is 13.7. The van der Waals surface area contributed by atoms with Gasteiger partial charge in [0.2, 0.25) is 0 Å². The third kappa shape index (κ3) is 62.5. The van der Waals surface area contributed by atoms with Crippen molar-refractivity contribution < 1.29 is 42.1 Å². The molecule has 1 N–H and O–H groups in total. The fourth-order valence-corrected chi connectivity index (χ4v) is 9.77. The lowest BCUT2D eigenvalue weighted by Gasteiger charge is -2.24. The molecule has 0 fully saturated rings. The number of quaternary nitrogens is 1. The van der Waals surface area contributed by atoms with E-state index in [1.54, 1.807) is 0 Å². The van der Waals surface area contributed by atoms with Crippen molar-refractivity contribution in [2.45, 2.75) is 296 Å². The Bertz CT molecular complexity index is 1530. The van der Waals surface area contributed by atoms with Crippen molar-refractivity contribution in [1.82, 2.24) is 0 Å². The van der Waals surface area contributed by atoms with Gasteiger partial charge in [0.1, 0.15) is 19.8 Å². The molecule has 0 aromatic rings. The molecule has 0 radical (unpaired) electrons. The topological polar surface area (TPSA) is 108 Å². The number of ether oxygens (including phenoxy) is 2. The lowest BCUT2D eigenvalue weighted by Crippen LogP contribution is -2.37. The zero-order valence-corrected chi connectivity index (χ0v) is 51.8. The summed E-state index contributed by atoms with van der Waals surface area (Å²) in [6, 6.07) is 0. The lowest BCUT2D eigenvalue weighted by molar-refractivity contribution is -0.870. The maximum atomic E-state index is 12.8. The van der Waals surface area contributed by atoms with Crippen LogP contribution in [0, 0.1) is 0 Å². The van der Waals surface area contributed by atoms with E-state index in [1.165, 1.54) is 173 Å². The second-order valence-electron chi connectivity index (χ2n) is 22.8. The smallest absolute Gasteiger partial charge is 0.462 e. The van der Waals surface area contributed by atoms with Crippen molar-refractivity contribution in [3.8, 4) is 0 Å². The number of likely N-dealkylation sites (N-methyl/N-ethyl adjacent to an activating group) is 1. The summed E-state index contributed by atoms with van der Waals surface area (Å²) >= 11 is 0. The summed E-state index contributed by atoms with van der Waals surface area (Å²) < 4.78 is 34.6. The molecular formula is C67H123NO8P+. The van der Waals surface area contributed by atoms with Crippen molar-refractivity contribution in [3.63, 3.8) is 0 Å². The summed E-state index contributed by atoms with van der Waals surface area (Å²) in [5, 5.41) is 0. The quantitative estimate of drug-likeness (QED) is 0.0211. The van der Waals surface area contributed by atoms with Gasteiger partial charge in [0, 0.05) is 12.8 Å². The number of esters is 2. The first kappa shape index (κ1) is 74.5. The predicted molar refractivity (Wildman–Crippen MR) is 330 cm³/mol. The number of carbonyl (C=O) groups is 2. The predicted octanol–water partition coefficient (Wildman–Crippen LogP) is 20.4. The number of unbranched alkanes of at least 4 members (excludes halogenated alkanes) is 33. The molecule has 2 unspecified atom stereocenters. The Labute approximate surface area is 476 Å². The number of allylic oxidation sites excluding steroid dienone is 12. The second-order valence-corrected chi connectivity index (χ2v) is 24.2. The van der Waals surface area contributed by atoms with Gasteiger partial charge in [0.15, 0.2) is 6.10 Å². The van der Waals surface area contributed by atoms with Crippen LogP contribution in [0.3, 0.4) is 0 Å². The van der Waals surface area contributed by atoms with Gasteiger partial charge in [-0.3, -0.25) is 18.6 Å². The Morgan fingerprint density at radius 1 is 0.416 bits per heavy atom. The molecule has 10 heteroatoms. The third-order valence-corrected chi connectivity index (χ3v) is 15.0. The van der Waals surface area contributed by atoms with Crippen molar-refractivity contribution >= 4 is 19.8 Å². The Kier molecular flexibility index (Phi) is 56.2. The van der Waals surface area contributed by atoms with Crippen molar-refractivity contribution in [3.05, 3.63) is 72.9 Å². The molecule has 0 saturated carbocycles. The minimum Gasteiger partial charge on any atom is -0.462 e. The van der Waals surface area contributed by atoms with Crippen LogP contribution in [0.15, 0.2) is 72.9 Å². The minimum absolute atomic E-state index is 0.0294. The molecule has 9 nitrogen and oxygen atoms in total. The molecule has 2 atom stereocenters. The number of carbonyl (C=O) groups excluding carboxylic acids is 2. The number of phosphoric acid groups is 1. The molecule has 0 aliphatic carbocycles. The molecule has 77 heavy (non-hydrogen) atoms. The Hall–Kier alpha value is -2.55. The van der Waals surface area contributed by atoms with E-state index in [2.05, 4.69) is 86.8 Å². The van der Waals surface area contributed by atoms with Gasteiger partial charge >= 0.3 is 19.8 Å². The maximum absolute atomic E-state index is 12.8. The molecule has 448 valence electrons. The lowest BCUT2D eigenvalue weighted by atomic mass is 10.0. The number of nitrogens with zero attached hydrogens (tertiary/aromatic N) is 1. The molecular weight excluding hydrogens is 978 g/mol. The highest BCUT2D eigenvalue weighted by Crippen LogP contribution is 2.43. The number of phosphoric ester groups is 1. The summed E-state index contributed by atoms with van der Waals surface area (Å²) in [7, 11) is 1.48. The van der Waals surface area contributed by atoms with E-state index >= 15 is 0 Å². The van der Waals surface area contributed by atoms with Gasteiger partial charge in [-0.05, 0) is 77.0 Å². The van der Waals surface area contributed by atoms with Crippen LogP contribution in [0.4, 0.5) is 0 Å². The fraction of sp³-hybridized carbons (Fsp3) is 0.791. The maximum Gasteiger partial charge on any atom is 0.472 e. The average Bonchev–Trinajstić information content (AvgIpc) is 3.39. The largest absolute Gasteiger partial charge is 0.472 e. The molecule has 0 amide bonds. The van der Waals surface area contributed by atoms with E-state index in [4.69, 9.17) is 18.5 Å². The summed E-state index contributed by atoms with van der Waals surface area (Å²) in [4.78, 5) is 35.7. The first-order chi connectivity index (χ1) is 37.5. The molecule has 0 aliphatic heterocycles. The Morgan fingerprint density at radius 3 is 1.10 bits per heavy atom. The molecule has 0 aromatic carbocycles. The number of hydrogen-bond donors (Lipinski definition) is 1. The molecule has 0 rings (SSSR count). The minimum atomic E-state index is -4.39. The molecule has 0 aromatic heterocycles. The van der Waals surface area contributed by atoms with Crippen molar-refractivity contribution in [1.29, 1.82) is 0 Å². The van der Waals surface area contributed by atoms with Crippen LogP contribution in [0.1, 0.15) is 290 Å². The zero-order chi connectivity index (χ0) is 56.3. The summed E-state index contributed by atoms with van der Waals surface area (Å²) in [6.07, 6.45) is 77.3. The SMILES string of the molecule is CC/C=C\C/C=C\C/C=C\C/C=C\CCCCCCCCCCCCCCCCCCCCCCCCCCCCC(=O)OC(COC(=O)CCCCCCC/C=C\C/C=C\CCCC)COP(=O)(O)OCC[N+](C)(C)C. The van der Waals surface area contributed by atoms with Gasteiger partial charge < -0.3 is 18.9 Å². The van der Waals surface area contributed by atoms with E-state index in [0.29, 0.717) is 17.4 Å². The van der Waals surface area contributed by atoms with E-state index < -0.39 is 26.5 Å². The highest BCUT2D eigenvalue weighted by Gasteiger charge is 2.27. The van der Waals surface area contributed by atoms with E-state index in [9.17, 15) is 19.0 Å². The average molecular weight is 1100 g/mol. The van der Waals surface area contributed by atoms with Crippen LogP contribution >= 0.6 is 7.82 Å². The first-order valence-corrected chi connectivity index (χ1v) is 33.7. The van der Waals surface area contributed by atoms with Crippen LogP contribution in [0.5, 0.6) is 0 Å². The number of rotatable bonds is 59. The highest BCUT2D eigenvalue weighted by molar-refractivity contribution is 7.47. The summed E-state index contributed by atoms with van der Waals surface area (Å²) in [6.45, 7) is 4.29. The zero-order valence-electron chi connectivity index (χ0n) is 50.9. The molecule has 0 spiro atoms. The van der Waals surface area contributed by atoms with Gasteiger partial charge in [-0.1, -0.05) is 273 Å². The van der Waals surface area contributed by atoms with E-state index in [1.807, 2.05) is 21.1 Å². The number of hydrogen-bond acceptors (Lipinski definition) is 7. The van der Waals surface area contributed by atoms with E-state index in [0.717, 1.165) is 83.5 Å². The summed E-state index contributed by atoms with van der Waals surface area (Å²) in [5.41, 5.74) is 0.